The van der Waals surface area contributed by atoms with Crippen LogP contribution in [0.25, 0.3) is 11.4 Å². The first kappa shape index (κ1) is 13.8. The van der Waals surface area contributed by atoms with Crippen molar-refractivity contribution in [1.29, 1.82) is 0 Å². The Bertz CT molecular complexity index is 789. The molecule has 0 aliphatic heterocycles. The minimum atomic E-state index is 0.195. The normalized spacial score (nSPS) is 16.6. The standard InChI is InChI=1S/C18H17N5/c1-2-5-13(6-3-1)18-21-11-14-15(7-4-8-16(14)23-18)22-17-12-19-9-10-20-17/h1-3,5-6,9-12,15H,4,7-8H2,(H,20,22)/t15-/m0/s1. The van der Waals surface area contributed by atoms with E-state index in [9.17, 15) is 0 Å². The lowest BCUT2D eigenvalue weighted by molar-refractivity contribution is 0.583. The molecule has 2 heterocycles. The molecule has 1 aliphatic carbocycles. The summed E-state index contributed by atoms with van der Waals surface area (Å²) in [5, 5.41) is 3.44. The number of hydrogen-bond acceptors (Lipinski definition) is 5. The van der Waals surface area contributed by atoms with Gasteiger partial charge in [0.2, 0.25) is 0 Å². The Morgan fingerprint density at radius 3 is 2.74 bits per heavy atom. The number of nitrogens with zero attached hydrogens (tertiary/aromatic N) is 4. The van der Waals surface area contributed by atoms with Gasteiger partial charge in [-0.05, 0) is 19.3 Å². The van der Waals surface area contributed by atoms with E-state index in [0.29, 0.717) is 0 Å². The van der Waals surface area contributed by atoms with Crippen molar-refractivity contribution in [2.24, 2.45) is 0 Å². The quantitative estimate of drug-likeness (QED) is 0.803. The first-order valence-electron chi connectivity index (χ1n) is 7.84. The fraction of sp³-hybridized carbons (Fsp3) is 0.222. The van der Waals surface area contributed by atoms with Gasteiger partial charge in [0.05, 0.1) is 12.2 Å². The second kappa shape index (κ2) is 6.12. The molecule has 23 heavy (non-hydrogen) atoms. The number of aryl methyl sites for hydroxylation is 1. The fourth-order valence-corrected chi connectivity index (χ4v) is 2.98. The molecule has 1 atom stereocenters. The lowest BCUT2D eigenvalue weighted by Crippen LogP contribution is -2.19. The van der Waals surface area contributed by atoms with Crippen molar-refractivity contribution in [2.75, 3.05) is 5.32 Å². The number of anilines is 1. The summed E-state index contributed by atoms with van der Waals surface area (Å²) in [5.74, 6) is 1.59. The predicted molar refractivity (Wildman–Crippen MR) is 88.8 cm³/mol. The lowest BCUT2D eigenvalue weighted by Gasteiger charge is -2.25. The molecule has 0 saturated heterocycles. The SMILES string of the molecule is c1ccc(-c2ncc3c(n2)CCC[C@@H]3Nc2cnccn2)cc1. The van der Waals surface area contributed by atoms with Crippen molar-refractivity contribution in [2.45, 2.75) is 25.3 Å². The van der Waals surface area contributed by atoms with Crippen LogP contribution in [-0.4, -0.2) is 19.9 Å². The second-order valence-electron chi connectivity index (χ2n) is 5.64. The molecule has 0 radical (unpaired) electrons. The van der Waals surface area contributed by atoms with Gasteiger partial charge in [0.15, 0.2) is 5.82 Å². The second-order valence-corrected chi connectivity index (χ2v) is 5.64. The molecule has 0 saturated carbocycles. The van der Waals surface area contributed by atoms with Crippen molar-refractivity contribution < 1.29 is 0 Å². The highest BCUT2D eigenvalue weighted by atomic mass is 15.0. The highest BCUT2D eigenvalue weighted by molar-refractivity contribution is 5.55. The van der Waals surface area contributed by atoms with E-state index in [4.69, 9.17) is 4.98 Å². The first-order chi connectivity index (χ1) is 11.4. The molecular weight excluding hydrogens is 286 g/mol. The summed E-state index contributed by atoms with van der Waals surface area (Å²) >= 11 is 0. The maximum atomic E-state index is 4.79. The molecule has 0 unspecified atom stereocenters. The molecule has 0 amide bonds. The van der Waals surface area contributed by atoms with Crippen LogP contribution < -0.4 is 5.32 Å². The van der Waals surface area contributed by atoms with Gasteiger partial charge >= 0.3 is 0 Å². The van der Waals surface area contributed by atoms with Crippen molar-refractivity contribution in [1.82, 2.24) is 19.9 Å². The molecule has 0 bridgehead atoms. The molecule has 114 valence electrons. The summed E-state index contributed by atoms with van der Waals surface area (Å²) in [7, 11) is 0. The summed E-state index contributed by atoms with van der Waals surface area (Å²) in [6.07, 6.45) is 10.2. The summed E-state index contributed by atoms with van der Waals surface area (Å²) in [6.45, 7) is 0. The summed E-state index contributed by atoms with van der Waals surface area (Å²) in [5.41, 5.74) is 3.35. The van der Waals surface area contributed by atoms with Gasteiger partial charge in [-0.25, -0.2) is 15.0 Å². The Morgan fingerprint density at radius 2 is 1.91 bits per heavy atom. The van der Waals surface area contributed by atoms with Crippen molar-refractivity contribution >= 4 is 5.82 Å². The zero-order chi connectivity index (χ0) is 15.5. The van der Waals surface area contributed by atoms with Gasteiger partial charge in [-0.2, -0.15) is 0 Å². The number of benzene rings is 1. The van der Waals surface area contributed by atoms with Crippen LogP contribution in [0.1, 0.15) is 30.1 Å². The van der Waals surface area contributed by atoms with Crippen LogP contribution in [0.15, 0.2) is 55.1 Å². The molecule has 0 fully saturated rings. The Labute approximate surface area is 134 Å². The Morgan fingerprint density at radius 1 is 1.00 bits per heavy atom. The van der Waals surface area contributed by atoms with Crippen LogP contribution in [0.3, 0.4) is 0 Å². The average Bonchev–Trinajstić information content (AvgIpc) is 2.63. The number of aromatic nitrogens is 4. The van der Waals surface area contributed by atoms with Crippen LogP contribution in [0.2, 0.25) is 0 Å². The highest BCUT2D eigenvalue weighted by Gasteiger charge is 2.22. The van der Waals surface area contributed by atoms with Gasteiger partial charge in [0.25, 0.3) is 0 Å². The summed E-state index contributed by atoms with van der Waals surface area (Å²) in [6, 6.07) is 10.3. The third-order valence-electron chi connectivity index (χ3n) is 4.10. The minimum absolute atomic E-state index is 0.195. The van der Waals surface area contributed by atoms with Crippen molar-refractivity contribution in [3.63, 3.8) is 0 Å². The molecule has 1 aliphatic rings. The number of rotatable bonds is 3. The van der Waals surface area contributed by atoms with Gasteiger partial charge < -0.3 is 5.32 Å². The van der Waals surface area contributed by atoms with Crippen LogP contribution >= 0.6 is 0 Å². The zero-order valence-electron chi connectivity index (χ0n) is 12.7. The number of hydrogen-bond donors (Lipinski definition) is 1. The van der Waals surface area contributed by atoms with E-state index in [1.54, 1.807) is 18.6 Å². The van der Waals surface area contributed by atoms with E-state index in [1.165, 1.54) is 5.56 Å². The molecule has 2 aromatic heterocycles. The zero-order valence-corrected chi connectivity index (χ0v) is 12.7. The Balaban J connectivity index is 1.64. The molecule has 1 aromatic carbocycles. The molecule has 4 rings (SSSR count). The van der Waals surface area contributed by atoms with Crippen LogP contribution in [-0.2, 0) is 6.42 Å². The highest BCUT2D eigenvalue weighted by Crippen LogP contribution is 2.31. The maximum absolute atomic E-state index is 4.79. The van der Waals surface area contributed by atoms with Crippen LogP contribution in [0.4, 0.5) is 5.82 Å². The van der Waals surface area contributed by atoms with E-state index >= 15 is 0 Å². The van der Waals surface area contributed by atoms with E-state index in [0.717, 1.165) is 42.2 Å². The van der Waals surface area contributed by atoms with Gasteiger partial charge in [-0.15, -0.1) is 0 Å². The molecule has 5 heteroatoms. The topological polar surface area (TPSA) is 63.6 Å². The van der Waals surface area contributed by atoms with E-state index in [1.807, 2.05) is 36.5 Å². The Hall–Kier alpha value is -2.82. The molecule has 0 spiro atoms. The molecule has 1 N–H and O–H groups in total. The van der Waals surface area contributed by atoms with Gasteiger partial charge in [0.1, 0.15) is 5.82 Å². The molecule has 3 aromatic rings. The molecular formula is C18H17N5. The van der Waals surface area contributed by atoms with Crippen LogP contribution in [0.5, 0.6) is 0 Å². The molecule has 5 nitrogen and oxygen atoms in total. The number of nitrogens with one attached hydrogen (secondary N) is 1. The summed E-state index contributed by atoms with van der Waals surface area (Å²) in [4.78, 5) is 17.8. The van der Waals surface area contributed by atoms with Gasteiger partial charge in [0, 0.05) is 35.4 Å². The third kappa shape index (κ3) is 2.90. The summed E-state index contributed by atoms with van der Waals surface area (Å²) < 4.78 is 0. The average molecular weight is 303 g/mol. The van der Waals surface area contributed by atoms with E-state index in [2.05, 4.69) is 20.3 Å². The van der Waals surface area contributed by atoms with E-state index < -0.39 is 0 Å². The fourth-order valence-electron chi connectivity index (χ4n) is 2.98. The van der Waals surface area contributed by atoms with Gasteiger partial charge in [-0.1, -0.05) is 30.3 Å². The van der Waals surface area contributed by atoms with Crippen LogP contribution in [0, 0.1) is 0 Å². The van der Waals surface area contributed by atoms with E-state index in [-0.39, 0.29) is 6.04 Å². The maximum Gasteiger partial charge on any atom is 0.159 e. The van der Waals surface area contributed by atoms with Gasteiger partial charge in [-0.3, -0.25) is 4.98 Å². The first-order valence-corrected chi connectivity index (χ1v) is 7.84. The Kier molecular flexibility index (Phi) is 3.68. The van der Waals surface area contributed by atoms with Crippen molar-refractivity contribution in [3.05, 3.63) is 66.4 Å². The monoisotopic (exact) mass is 303 g/mol. The third-order valence-corrected chi connectivity index (χ3v) is 4.10. The lowest BCUT2D eigenvalue weighted by atomic mass is 9.92. The van der Waals surface area contributed by atoms with Crippen molar-refractivity contribution in [3.8, 4) is 11.4 Å². The predicted octanol–water partition coefficient (Wildman–Crippen LogP) is 3.42. The minimum Gasteiger partial charge on any atom is -0.362 e. The largest absolute Gasteiger partial charge is 0.362 e. The smallest absolute Gasteiger partial charge is 0.159 e. The number of fused-ring (bicyclic) bond motifs is 1.